The number of piperidine rings is 1. The summed E-state index contributed by atoms with van der Waals surface area (Å²) in [6.07, 6.45) is 0.574. The van der Waals surface area contributed by atoms with Crippen molar-refractivity contribution in [1.82, 2.24) is 9.80 Å². The van der Waals surface area contributed by atoms with Crippen LogP contribution in [0.3, 0.4) is 0 Å². The van der Waals surface area contributed by atoms with Crippen LogP contribution >= 0.6 is 0 Å². The van der Waals surface area contributed by atoms with E-state index in [0.29, 0.717) is 76.6 Å². The van der Waals surface area contributed by atoms with E-state index in [1.807, 2.05) is 28.9 Å². The first-order valence-electron chi connectivity index (χ1n) is 18.5. The van der Waals surface area contributed by atoms with Crippen molar-refractivity contribution >= 4 is 17.6 Å². The van der Waals surface area contributed by atoms with Crippen molar-refractivity contribution in [3.63, 3.8) is 0 Å². The molecule has 1 saturated carbocycles. The lowest BCUT2D eigenvalue weighted by Gasteiger charge is -2.35. The third kappa shape index (κ3) is 8.33. The summed E-state index contributed by atoms with van der Waals surface area (Å²) in [5.74, 6) is -1.19. The summed E-state index contributed by atoms with van der Waals surface area (Å²) in [4.78, 5) is 32.7. The molecule has 2 aromatic carbocycles. The van der Waals surface area contributed by atoms with Crippen molar-refractivity contribution in [1.29, 1.82) is 0 Å². The van der Waals surface area contributed by atoms with Gasteiger partial charge in [0, 0.05) is 82.5 Å². The van der Waals surface area contributed by atoms with Gasteiger partial charge in [0.2, 0.25) is 5.91 Å². The van der Waals surface area contributed by atoms with E-state index in [1.54, 1.807) is 20.3 Å². The molecule has 3 aliphatic heterocycles. The van der Waals surface area contributed by atoms with Gasteiger partial charge in [-0.15, -0.1) is 0 Å². The molecule has 1 aliphatic carbocycles. The highest BCUT2D eigenvalue weighted by Crippen LogP contribution is 2.44. The van der Waals surface area contributed by atoms with E-state index in [0.717, 1.165) is 55.2 Å². The number of carboxylic acids is 1. The van der Waals surface area contributed by atoms with Crippen molar-refractivity contribution in [2.45, 2.75) is 75.6 Å². The van der Waals surface area contributed by atoms with Crippen LogP contribution in [0.2, 0.25) is 0 Å². The van der Waals surface area contributed by atoms with Gasteiger partial charge in [-0.3, -0.25) is 14.5 Å². The zero-order valence-corrected chi connectivity index (χ0v) is 29.9. The zero-order valence-electron chi connectivity index (χ0n) is 29.9. The van der Waals surface area contributed by atoms with E-state index in [2.05, 4.69) is 17.0 Å². The predicted octanol–water partition coefficient (Wildman–Crippen LogP) is 6.27. The fourth-order valence-corrected chi connectivity index (χ4v) is 9.08. The fourth-order valence-electron chi connectivity index (χ4n) is 9.08. The molecule has 0 unspecified atom stereocenters. The van der Waals surface area contributed by atoms with E-state index in [9.17, 15) is 27.9 Å². The number of alkyl halides is 3. The van der Waals surface area contributed by atoms with E-state index < -0.39 is 23.6 Å². The second-order valence-corrected chi connectivity index (χ2v) is 14.8. The minimum Gasteiger partial charge on any atom is -0.497 e. The summed E-state index contributed by atoms with van der Waals surface area (Å²) in [6, 6.07) is 12.3. The average molecular weight is 716 g/mol. The lowest BCUT2D eigenvalue weighted by molar-refractivity contribution is -0.142. The van der Waals surface area contributed by atoms with Crippen LogP contribution in [0.5, 0.6) is 5.75 Å². The molecule has 3 saturated heterocycles. The van der Waals surface area contributed by atoms with Crippen LogP contribution in [0.1, 0.15) is 74.0 Å². The van der Waals surface area contributed by atoms with Gasteiger partial charge in [0.1, 0.15) is 5.75 Å². The fraction of sp³-hybridized carbons (Fsp3) is 0.641. The summed E-state index contributed by atoms with van der Waals surface area (Å²) in [7, 11) is 3.25. The van der Waals surface area contributed by atoms with Gasteiger partial charge in [-0.2, -0.15) is 13.2 Å². The highest BCUT2D eigenvalue weighted by molar-refractivity contribution is 5.81. The molecule has 0 aromatic heterocycles. The summed E-state index contributed by atoms with van der Waals surface area (Å²) in [5.41, 5.74) is 1.58. The van der Waals surface area contributed by atoms with Gasteiger partial charge in [-0.1, -0.05) is 18.2 Å². The number of rotatable bonds is 11. The van der Waals surface area contributed by atoms with Crippen LogP contribution in [0, 0.1) is 17.8 Å². The van der Waals surface area contributed by atoms with Crippen LogP contribution in [0.25, 0.3) is 0 Å². The zero-order chi connectivity index (χ0) is 36.3. The Bertz CT molecular complexity index is 1490. The first kappa shape index (κ1) is 37.4. The number of nitrogens with zero attached hydrogens (tertiary/aromatic N) is 3. The maximum atomic E-state index is 14.7. The van der Waals surface area contributed by atoms with Crippen LogP contribution in [0.15, 0.2) is 42.5 Å². The highest BCUT2D eigenvalue weighted by atomic mass is 19.4. The number of amides is 1. The first-order chi connectivity index (χ1) is 24.5. The minimum atomic E-state index is -4.52. The quantitative estimate of drug-likeness (QED) is 0.292. The van der Waals surface area contributed by atoms with Crippen molar-refractivity contribution in [3.05, 3.63) is 59.2 Å². The number of carbonyl (C=O) groups excluding carboxylic acids is 1. The largest absolute Gasteiger partial charge is 0.497 e. The molecule has 9 nitrogen and oxygen atoms in total. The number of carboxylic acid groups (broad SMARTS) is 1. The Kier molecular flexibility index (Phi) is 11.8. The maximum Gasteiger partial charge on any atom is 0.416 e. The molecular formula is C39H52F3N3O6. The number of ether oxygens (including phenoxy) is 3. The Hall–Kier alpha value is -3.35. The third-order valence-corrected chi connectivity index (χ3v) is 11.8. The van der Waals surface area contributed by atoms with Gasteiger partial charge >= 0.3 is 12.1 Å². The monoisotopic (exact) mass is 715 g/mol. The van der Waals surface area contributed by atoms with E-state index in [-0.39, 0.29) is 29.6 Å². The van der Waals surface area contributed by atoms with Gasteiger partial charge in [-0.05, 0) is 80.8 Å². The normalized spacial score (nSPS) is 28.0. The second kappa shape index (κ2) is 16.1. The number of aliphatic carboxylic acids is 1. The molecule has 280 valence electrons. The molecule has 1 amide bonds. The number of carbonyl (C=O) groups is 2. The Morgan fingerprint density at radius 3 is 2.20 bits per heavy atom. The number of likely N-dealkylation sites (tertiary alicyclic amines) is 2. The lowest BCUT2D eigenvalue weighted by Crippen LogP contribution is -2.40. The number of hydrogen-bond acceptors (Lipinski definition) is 7. The van der Waals surface area contributed by atoms with Gasteiger partial charge in [0.15, 0.2) is 0 Å². The molecule has 0 bridgehead atoms. The molecule has 4 fully saturated rings. The smallest absolute Gasteiger partial charge is 0.416 e. The summed E-state index contributed by atoms with van der Waals surface area (Å²) < 4.78 is 59.0. The van der Waals surface area contributed by atoms with Gasteiger partial charge in [0.25, 0.3) is 0 Å². The van der Waals surface area contributed by atoms with Crippen molar-refractivity contribution in [3.8, 4) is 5.75 Å². The molecule has 0 radical (unpaired) electrons. The first-order valence-corrected chi connectivity index (χ1v) is 18.5. The molecule has 2 aromatic rings. The van der Waals surface area contributed by atoms with Crippen molar-refractivity contribution < 1.29 is 42.1 Å². The highest BCUT2D eigenvalue weighted by Gasteiger charge is 2.47. The molecule has 3 heterocycles. The Labute approximate surface area is 299 Å². The summed E-state index contributed by atoms with van der Waals surface area (Å²) in [5, 5.41) is 9.54. The van der Waals surface area contributed by atoms with Gasteiger partial charge in [0.05, 0.1) is 37.2 Å². The molecule has 12 heteroatoms. The molecule has 4 atom stereocenters. The van der Waals surface area contributed by atoms with Crippen molar-refractivity contribution in [2.75, 3.05) is 71.6 Å². The number of anilines is 1. The molecule has 6 rings (SSSR count). The van der Waals surface area contributed by atoms with E-state index >= 15 is 0 Å². The molecule has 4 aliphatic rings. The predicted molar refractivity (Wildman–Crippen MR) is 187 cm³/mol. The van der Waals surface area contributed by atoms with E-state index in [4.69, 9.17) is 14.2 Å². The van der Waals surface area contributed by atoms with Crippen LogP contribution < -0.4 is 9.64 Å². The number of hydrogen-bond donors (Lipinski definition) is 1. The summed E-state index contributed by atoms with van der Waals surface area (Å²) in [6.45, 7) is 6.07. The Morgan fingerprint density at radius 2 is 1.59 bits per heavy atom. The molecule has 0 spiro atoms. The Balaban J connectivity index is 1.26. The Morgan fingerprint density at radius 1 is 0.882 bits per heavy atom. The number of benzene rings is 2. The topological polar surface area (TPSA) is 91.8 Å². The van der Waals surface area contributed by atoms with Gasteiger partial charge in [-0.25, -0.2) is 0 Å². The maximum absolute atomic E-state index is 14.7. The average Bonchev–Trinajstić information content (AvgIpc) is 3.77. The standard InChI is InChI=1S/C39H52F3N3O6/c1-4-51-31-12-8-29(9-13-31)44-21-33(25-5-10-30(50-3)11-6-25)35(23-44)37(46)45-20-27(24-49-2)34(22-45)32-14-7-28(39(40,41)42)19-36(32)43-17-15-26(16-18-43)38(47)48/h5-7,10-11,14,19,26-27,29,31,33-35H,4,8-9,12-13,15-18,20-24H2,1-3H3,(H,47,48)/t27-,29?,31?,33+,34+,35-/m1/s1. The van der Waals surface area contributed by atoms with Crippen LogP contribution in [-0.4, -0.2) is 106 Å². The van der Waals surface area contributed by atoms with Crippen LogP contribution in [-0.2, 0) is 25.2 Å². The molecule has 1 N–H and O–H groups in total. The molecular weight excluding hydrogens is 663 g/mol. The lowest BCUT2D eigenvalue weighted by atomic mass is 9.86. The summed E-state index contributed by atoms with van der Waals surface area (Å²) >= 11 is 0. The molecule has 51 heavy (non-hydrogen) atoms. The third-order valence-electron chi connectivity index (χ3n) is 11.8. The van der Waals surface area contributed by atoms with Gasteiger partial charge < -0.3 is 29.1 Å². The minimum absolute atomic E-state index is 0.00916. The van der Waals surface area contributed by atoms with E-state index in [1.165, 1.54) is 6.07 Å². The SMILES string of the molecule is CCOC1CCC(N2C[C@@H](C(=O)N3C[C@H](COC)[C@@H](c4ccc(C(F)(F)F)cc4N4CCC(C(=O)O)CC4)C3)[C@H](c3ccc(OC)cc3)C2)CC1. The van der Waals surface area contributed by atoms with Crippen LogP contribution in [0.4, 0.5) is 18.9 Å². The number of methoxy groups -OCH3 is 2. The van der Waals surface area contributed by atoms with Crippen molar-refractivity contribution in [2.24, 2.45) is 17.8 Å². The number of halogens is 3. The second-order valence-electron chi connectivity index (χ2n) is 14.8.